The van der Waals surface area contributed by atoms with Crippen LogP contribution >= 0.6 is 0 Å². The lowest BCUT2D eigenvalue weighted by Gasteiger charge is -2.32. The first-order valence-corrected chi connectivity index (χ1v) is 11.1. The number of aryl methyl sites for hydroxylation is 1. The highest BCUT2D eigenvalue weighted by Gasteiger charge is 2.22. The number of piperidine rings is 1. The maximum atomic E-state index is 12.7. The number of nitrogens with two attached hydrogens (primary N) is 1. The van der Waals surface area contributed by atoms with E-state index in [0.29, 0.717) is 30.1 Å². The van der Waals surface area contributed by atoms with Gasteiger partial charge in [0.25, 0.3) is 5.91 Å². The normalized spacial score (nSPS) is 16.3. The molecular formula is C25H32N4O3. The first-order valence-electron chi connectivity index (χ1n) is 11.1. The molecule has 170 valence electrons. The Morgan fingerprint density at radius 3 is 2.59 bits per heavy atom. The second-order valence-corrected chi connectivity index (χ2v) is 8.51. The van der Waals surface area contributed by atoms with Gasteiger partial charge in [0.2, 0.25) is 11.8 Å². The number of para-hydroxylation sites is 1. The number of hydrogen-bond donors (Lipinski definition) is 3. The Hall–Kier alpha value is -3.19. The number of amides is 3. The van der Waals surface area contributed by atoms with Gasteiger partial charge in [-0.15, -0.1) is 0 Å². The highest BCUT2D eigenvalue weighted by Crippen LogP contribution is 2.21. The summed E-state index contributed by atoms with van der Waals surface area (Å²) in [6, 6.07) is 15.0. The summed E-state index contributed by atoms with van der Waals surface area (Å²) in [7, 11) is 0. The standard InChI is InChI=1S/C25H32N4O3/c1-18-8-10-19(11-9-18)15-27-25(32)21-6-2-3-7-22(21)28-24(31)17-29-14-4-5-20(16-29)12-13-23(26)30/h2-3,6-11,20H,4-5,12-17H2,1H3,(H2,26,30)(H,27,32)(H,28,31). The number of nitrogens with zero attached hydrogens (tertiary/aromatic N) is 1. The van der Waals surface area contributed by atoms with Gasteiger partial charge in [-0.2, -0.15) is 0 Å². The molecule has 7 nitrogen and oxygen atoms in total. The van der Waals surface area contributed by atoms with Crippen molar-refractivity contribution >= 4 is 23.4 Å². The van der Waals surface area contributed by atoms with Crippen LogP contribution in [0.15, 0.2) is 48.5 Å². The van der Waals surface area contributed by atoms with Gasteiger partial charge in [0.1, 0.15) is 0 Å². The topological polar surface area (TPSA) is 105 Å². The summed E-state index contributed by atoms with van der Waals surface area (Å²) in [4.78, 5) is 38.6. The second-order valence-electron chi connectivity index (χ2n) is 8.51. The van der Waals surface area contributed by atoms with E-state index in [0.717, 1.165) is 37.9 Å². The van der Waals surface area contributed by atoms with E-state index in [2.05, 4.69) is 15.5 Å². The summed E-state index contributed by atoms with van der Waals surface area (Å²) in [6.45, 7) is 4.32. The molecule has 0 bridgehead atoms. The number of likely N-dealkylation sites (tertiary alicyclic amines) is 1. The average Bonchev–Trinajstić information content (AvgIpc) is 2.77. The molecule has 3 amide bonds. The zero-order valence-corrected chi connectivity index (χ0v) is 18.6. The Kier molecular flexibility index (Phi) is 8.39. The molecule has 2 aromatic carbocycles. The molecule has 2 aromatic rings. The molecule has 1 aliphatic heterocycles. The monoisotopic (exact) mass is 436 g/mol. The Morgan fingerprint density at radius 2 is 1.84 bits per heavy atom. The smallest absolute Gasteiger partial charge is 0.253 e. The van der Waals surface area contributed by atoms with Gasteiger partial charge >= 0.3 is 0 Å². The van der Waals surface area contributed by atoms with Crippen molar-refractivity contribution in [1.29, 1.82) is 0 Å². The molecule has 0 spiro atoms. The molecule has 32 heavy (non-hydrogen) atoms. The zero-order valence-electron chi connectivity index (χ0n) is 18.6. The third-order valence-corrected chi connectivity index (χ3v) is 5.79. The van der Waals surface area contributed by atoms with Gasteiger partial charge in [-0.05, 0) is 56.3 Å². The van der Waals surface area contributed by atoms with Crippen molar-refractivity contribution in [1.82, 2.24) is 10.2 Å². The van der Waals surface area contributed by atoms with E-state index in [1.165, 1.54) is 5.56 Å². The third kappa shape index (κ3) is 7.20. The van der Waals surface area contributed by atoms with Gasteiger partial charge in [0.15, 0.2) is 0 Å². The number of rotatable bonds is 9. The lowest BCUT2D eigenvalue weighted by atomic mass is 9.93. The van der Waals surface area contributed by atoms with Crippen molar-refractivity contribution in [3.63, 3.8) is 0 Å². The molecule has 0 saturated carbocycles. The molecule has 4 N–H and O–H groups in total. The van der Waals surface area contributed by atoms with E-state index in [4.69, 9.17) is 5.73 Å². The molecule has 1 unspecified atom stereocenters. The van der Waals surface area contributed by atoms with Gasteiger partial charge in [0.05, 0.1) is 17.8 Å². The minimum atomic E-state index is -0.280. The summed E-state index contributed by atoms with van der Waals surface area (Å²) in [5.41, 5.74) is 8.38. The largest absolute Gasteiger partial charge is 0.370 e. The maximum absolute atomic E-state index is 12.7. The van der Waals surface area contributed by atoms with E-state index in [1.807, 2.05) is 31.2 Å². The molecule has 0 aliphatic carbocycles. The van der Waals surface area contributed by atoms with Gasteiger partial charge in [-0.25, -0.2) is 0 Å². The minimum Gasteiger partial charge on any atom is -0.370 e. The molecule has 0 radical (unpaired) electrons. The van der Waals surface area contributed by atoms with Crippen molar-refractivity contribution in [2.24, 2.45) is 11.7 Å². The predicted octanol–water partition coefficient (Wildman–Crippen LogP) is 2.84. The summed E-state index contributed by atoms with van der Waals surface area (Å²) in [5.74, 6) is -0.286. The van der Waals surface area contributed by atoms with Crippen molar-refractivity contribution in [3.05, 3.63) is 65.2 Å². The maximum Gasteiger partial charge on any atom is 0.253 e. The van der Waals surface area contributed by atoms with Crippen LogP contribution in [0.3, 0.4) is 0 Å². The van der Waals surface area contributed by atoms with Crippen LogP contribution in [0.2, 0.25) is 0 Å². The Morgan fingerprint density at radius 1 is 1.09 bits per heavy atom. The fourth-order valence-corrected chi connectivity index (χ4v) is 4.04. The molecule has 1 heterocycles. The number of hydrogen-bond acceptors (Lipinski definition) is 4. The lowest BCUT2D eigenvalue weighted by Crippen LogP contribution is -2.40. The van der Waals surface area contributed by atoms with Gasteiger partial charge in [-0.3, -0.25) is 19.3 Å². The quantitative estimate of drug-likeness (QED) is 0.562. The zero-order chi connectivity index (χ0) is 22.9. The second kappa shape index (κ2) is 11.4. The Bertz CT molecular complexity index is 942. The van der Waals surface area contributed by atoms with Crippen LogP contribution in [-0.4, -0.2) is 42.3 Å². The molecule has 1 saturated heterocycles. The van der Waals surface area contributed by atoms with Crippen LogP contribution in [0.5, 0.6) is 0 Å². The molecule has 3 rings (SSSR count). The molecule has 7 heteroatoms. The average molecular weight is 437 g/mol. The SMILES string of the molecule is Cc1ccc(CNC(=O)c2ccccc2NC(=O)CN2CCCC(CCC(N)=O)C2)cc1. The van der Waals surface area contributed by atoms with Crippen molar-refractivity contribution in [3.8, 4) is 0 Å². The van der Waals surface area contributed by atoms with E-state index < -0.39 is 0 Å². The highest BCUT2D eigenvalue weighted by molar-refractivity contribution is 6.04. The lowest BCUT2D eigenvalue weighted by molar-refractivity contribution is -0.119. The van der Waals surface area contributed by atoms with Gasteiger partial charge in [0, 0.05) is 19.5 Å². The Labute approximate surface area is 189 Å². The van der Waals surface area contributed by atoms with E-state index in [1.54, 1.807) is 24.3 Å². The van der Waals surface area contributed by atoms with E-state index >= 15 is 0 Å². The first-order chi connectivity index (χ1) is 15.4. The molecule has 0 aromatic heterocycles. The van der Waals surface area contributed by atoms with Crippen molar-refractivity contribution < 1.29 is 14.4 Å². The van der Waals surface area contributed by atoms with Crippen LogP contribution in [0.1, 0.15) is 47.2 Å². The van der Waals surface area contributed by atoms with Gasteiger partial charge < -0.3 is 16.4 Å². The number of primary amides is 1. The van der Waals surface area contributed by atoms with Crippen LogP contribution in [0.25, 0.3) is 0 Å². The molecule has 1 fully saturated rings. The van der Waals surface area contributed by atoms with Gasteiger partial charge in [-0.1, -0.05) is 42.0 Å². The number of nitrogens with one attached hydrogen (secondary N) is 2. The summed E-state index contributed by atoms with van der Waals surface area (Å²) >= 11 is 0. The van der Waals surface area contributed by atoms with E-state index in [9.17, 15) is 14.4 Å². The summed E-state index contributed by atoms with van der Waals surface area (Å²) in [5, 5.41) is 5.81. The number of benzene rings is 2. The number of carbonyl (C=O) groups is 3. The Balaban J connectivity index is 1.54. The van der Waals surface area contributed by atoms with Crippen LogP contribution in [0, 0.1) is 12.8 Å². The fourth-order valence-electron chi connectivity index (χ4n) is 4.04. The van der Waals surface area contributed by atoms with Crippen molar-refractivity contribution in [2.75, 3.05) is 25.0 Å². The minimum absolute atomic E-state index is 0.153. The fraction of sp³-hybridized carbons (Fsp3) is 0.400. The molecule has 1 aliphatic rings. The number of carbonyl (C=O) groups excluding carboxylic acids is 3. The summed E-state index contributed by atoms with van der Waals surface area (Å²) < 4.78 is 0. The van der Waals surface area contributed by atoms with E-state index in [-0.39, 0.29) is 24.3 Å². The highest BCUT2D eigenvalue weighted by atomic mass is 16.2. The van der Waals surface area contributed by atoms with Crippen LogP contribution in [-0.2, 0) is 16.1 Å². The van der Waals surface area contributed by atoms with Crippen LogP contribution < -0.4 is 16.4 Å². The number of anilines is 1. The first kappa shape index (κ1) is 23.5. The third-order valence-electron chi connectivity index (χ3n) is 5.79. The van der Waals surface area contributed by atoms with Crippen LogP contribution in [0.4, 0.5) is 5.69 Å². The van der Waals surface area contributed by atoms with Crippen molar-refractivity contribution in [2.45, 2.75) is 39.2 Å². The predicted molar refractivity (Wildman–Crippen MR) is 125 cm³/mol. The summed E-state index contributed by atoms with van der Waals surface area (Å²) in [6.07, 6.45) is 3.19. The molecular weight excluding hydrogens is 404 g/mol. The molecule has 1 atom stereocenters.